The van der Waals surface area contributed by atoms with Gasteiger partial charge in [0.25, 0.3) is 0 Å². The lowest BCUT2D eigenvalue weighted by Crippen LogP contribution is -2.01. The summed E-state index contributed by atoms with van der Waals surface area (Å²) < 4.78 is 4.80. The number of hydrogen-bond donors (Lipinski definition) is 0. The van der Waals surface area contributed by atoms with Crippen LogP contribution in [0.25, 0.3) is 10.8 Å². The molecule has 0 saturated heterocycles. The molecule has 0 aliphatic heterocycles. The Morgan fingerprint density at radius 3 is 2.74 bits per heavy atom. The van der Waals surface area contributed by atoms with Crippen LogP contribution in [0, 0.1) is 0 Å². The van der Waals surface area contributed by atoms with E-state index in [1.54, 1.807) is 12.1 Å². The first kappa shape index (κ1) is 13.4. The van der Waals surface area contributed by atoms with Crippen LogP contribution in [0.4, 0.5) is 0 Å². The molecule has 0 aromatic heterocycles. The molecule has 0 radical (unpaired) electrons. The molecule has 0 aliphatic rings. The largest absolute Gasteiger partial charge is 0.432 e. The van der Waals surface area contributed by atoms with E-state index in [-0.39, 0.29) is 5.12 Å². The zero-order chi connectivity index (χ0) is 13.8. The van der Waals surface area contributed by atoms with Gasteiger partial charge < -0.3 is 4.74 Å². The van der Waals surface area contributed by atoms with Gasteiger partial charge in [0.2, 0.25) is 0 Å². The zero-order valence-corrected chi connectivity index (χ0v) is 11.2. The van der Waals surface area contributed by atoms with Crippen LogP contribution in [-0.4, -0.2) is 11.1 Å². The van der Waals surface area contributed by atoms with Crippen LogP contribution >= 0.6 is 11.8 Å². The number of esters is 1. The van der Waals surface area contributed by atoms with Crippen molar-refractivity contribution in [2.75, 3.05) is 0 Å². The molecule has 0 bridgehead atoms. The van der Waals surface area contributed by atoms with Gasteiger partial charge in [-0.25, -0.2) is 4.79 Å². The molecule has 19 heavy (non-hydrogen) atoms. The molecule has 0 spiro atoms. The lowest BCUT2D eigenvalue weighted by Gasteiger charge is -2.06. The van der Waals surface area contributed by atoms with Crippen molar-refractivity contribution in [1.82, 2.24) is 0 Å². The molecule has 0 unspecified atom stereocenters. The third-order valence-corrected chi connectivity index (χ3v) is 3.30. The van der Waals surface area contributed by atoms with Gasteiger partial charge in [-0.05, 0) is 29.0 Å². The number of fused-ring (bicyclic) bond motifs is 1. The third-order valence-electron chi connectivity index (χ3n) is 2.52. The Balaban J connectivity index is 2.49. The van der Waals surface area contributed by atoms with Crippen molar-refractivity contribution in [2.24, 2.45) is 0 Å². The number of carbonyl (C=O) groups is 2. The predicted octanol–water partition coefficient (Wildman–Crippen LogP) is 3.78. The molecule has 0 saturated carbocycles. The standard InChI is InChI=1S/C15H12O3S/c1-3-18-15(17)14-6-4-5-11-9-12(19-10(2)16)7-8-13(11)14/h3-9H,1H2,2H3. The highest BCUT2D eigenvalue weighted by Gasteiger charge is 2.11. The first-order chi connectivity index (χ1) is 9.11. The van der Waals surface area contributed by atoms with E-state index in [1.165, 1.54) is 18.7 Å². The van der Waals surface area contributed by atoms with Crippen LogP contribution in [-0.2, 0) is 9.53 Å². The number of thioether (sulfide) groups is 1. The summed E-state index contributed by atoms with van der Waals surface area (Å²) in [5.41, 5.74) is 0.483. The van der Waals surface area contributed by atoms with Gasteiger partial charge in [-0.3, -0.25) is 4.79 Å². The van der Waals surface area contributed by atoms with E-state index in [1.807, 2.05) is 24.3 Å². The van der Waals surface area contributed by atoms with Crippen molar-refractivity contribution >= 4 is 33.6 Å². The summed E-state index contributed by atoms with van der Waals surface area (Å²) in [4.78, 5) is 23.7. The highest BCUT2D eigenvalue weighted by molar-refractivity contribution is 8.13. The maximum atomic E-state index is 11.8. The monoisotopic (exact) mass is 272 g/mol. The first-order valence-corrected chi connectivity index (χ1v) is 6.46. The van der Waals surface area contributed by atoms with Crippen molar-refractivity contribution in [3.63, 3.8) is 0 Å². The minimum Gasteiger partial charge on any atom is -0.432 e. The summed E-state index contributed by atoms with van der Waals surface area (Å²) in [5, 5.41) is 1.72. The molecular weight excluding hydrogens is 260 g/mol. The molecular formula is C15H12O3S. The van der Waals surface area contributed by atoms with Gasteiger partial charge in [-0.1, -0.05) is 36.5 Å². The molecule has 3 nitrogen and oxygen atoms in total. The van der Waals surface area contributed by atoms with Crippen molar-refractivity contribution in [3.8, 4) is 0 Å². The fourth-order valence-corrected chi connectivity index (χ4v) is 2.46. The second-order valence-electron chi connectivity index (χ2n) is 3.85. The fourth-order valence-electron chi connectivity index (χ4n) is 1.81. The Morgan fingerprint density at radius 1 is 1.26 bits per heavy atom. The van der Waals surface area contributed by atoms with Gasteiger partial charge in [0.05, 0.1) is 11.8 Å². The minimum absolute atomic E-state index is 0.0292. The second kappa shape index (κ2) is 5.71. The molecule has 0 fully saturated rings. The summed E-state index contributed by atoms with van der Waals surface area (Å²) in [6, 6.07) is 10.9. The highest BCUT2D eigenvalue weighted by atomic mass is 32.2. The van der Waals surface area contributed by atoms with E-state index < -0.39 is 5.97 Å². The van der Waals surface area contributed by atoms with Gasteiger partial charge in [-0.15, -0.1) is 0 Å². The Hall–Kier alpha value is -2.07. The normalized spacial score (nSPS) is 10.2. The van der Waals surface area contributed by atoms with Crippen LogP contribution < -0.4 is 0 Å². The summed E-state index contributed by atoms with van der Waals surface area (Å²) >= 11 is 1.17. The Labute approximate surface area is 115 Å². The molecule has 2 aromatic rings. The summed E-state index contributed by atoms with van der Waals surface area (Å²) in [7, 11) is 0. The molecule has 4 heteroatoms. The third kappa shape index (κ3) is 3.03. The van der Waals surface area contributed by atoms with Crippen molar-refractivity contribution in [1.29, 1.82) is 0 Å². The first-order valence-electron chi connectivity index (χ1n) is 5.65. The predicted molar refractivity (Wildman–Crippen MR) is 76.1 cm³/mol. The van der Waals surface area contributed by atoms with Crippen LogP contribution in [0.3, 0.4) is 0 Å². The average Bonchev–Trinajstić information content (AvgIpc) is 2.37. The van der Waals surface area contributed by atoms with E-state index in [2.05, 4.69) is 6.58 Å². The highest BCUT2D eigenvalue weighted by Crippen LogP contribution is 2.26. The molecule has 0 aliphatic carbocycles. The van der Waals surface area contributed by atoms with Gasteiger partial charge in [0.1, 0.15) is 0 Å². The zero-order valence-electron chi connectivity index (χ0n) is 10.4. The van der Waals surface area contributed by atoms with Gasteiger partial charge in [0, 0.05) is 11.8 Å². The summed E-state index contributed by atoms with van der Waals surface area (Å²) in [6.45, 7) is 4.89. The Morgan fingerprint density at radius 2 is 2.05 bits per heavy atom. The van der Waals surface area contributed by atoms with Crippen molar-refractivity contribution < 1.29 is 14.3 Å². The molecule has 0 amide bonds. The fraction of sp³-hybridized carbons (Fsp3) is 0.0667. The molecule has 2 rings (SSSR count). The number of ether oxygens (including phenoxy) is 1. The summed E-state index contributed by atoms with van der Waals surface area (Å²) in [6.07, 6.45) is 1.11. The maximum absolute atomic E-state index is 11.8. The Bertz CT molecular complexity index is 661. The maximum Gasteiger partial charge on any atom is 0.343 e. The molecule has 2 aromatic carbocycles. The van der Waals surface area contributed by atoms with Crippen LogP contribution in [0.1, 0.15) is 17.3 Å². The average molecular weight is 272 g/mol. The van der Waals surface area contributed by atoms with Gasteiger partial charge in [0.15, 0.2) is 5.12 Å². The smallest absolute Gasteiger partial charge is 0.343 e. The van der Waals surface area contributed by atoms with E-state index >= 15 is 0 Å². The minimum atomic E-state index is -0.437. The SMILES string of the molecule is C=COC(=O)c1cccc2cc(SC(C)=O)ccc12. The van der Waals surface area contributed by atoms with E-state index in [0.717, 1.165) is 21.9 Å². The molecule has 96 valence electrons. The lowest BCUT2D eigenvalue weighted by molar-refractivity contribution is -0.109. The molecule has 0 heterocycles. The quantitative estimate of drug-likeness (QED) is 0.484. The van der Waals surface area contributed by atoms with Gasteiger partial charge in [-0.2, -0.15) is 0 Å². The van der Waals surface area contributed by atoms with Crippen LogP contribution in [0.15, 0.2) is 54.1 Å². The van der Waals surface area contributed by atoms with E-state index in [4.69, 9.17) is 4.74 Å². The topological polar surface area (TPSA) is 43.4 Å². The second-order valence-corrected chi connectivity index (χ2v) is 5.10. The number of benzene rings is 2. The number of hydrogen-bond acceptors (Lipinski definition) is 4. The van der Waals surface area contributed by atoms with E-state index in [0.29, 0.717) is 5.56 Å². The van der Waals surface area contributed by atoms with Crippen LogP contribution in [0.2, 0.25) is 0 Å². The van der Waals surface area contributed by atoms with Crippen molar-refractivity contribution in [3.05, 3.63) is 54.8 Å². The van der Waals surface area contributed by atoms with Crippen LogP contribution in [0.5, 0.6) is 0 Å². The number of carbonyl (C=O) groups excluding carboxylic acids is 2. The van der Waals surface area contributed by atoms with Crippen molar-refractivity contribution in [2.45, 2.75) is 11.8 Å². The number of rotatable bonds is 3. The molecule has 0 N–H and O–H groups in total. The summed E-state index contributed by atoms with van der Waals surface area (Å²) in [5.74, 6) is -0.437. The lowest BCUT2D eigenvalue weighted by atomic mass is 10.0. The Kier molecular flexibility index (Phi) is 4.02. The molecule has 0 atom stereocenters. The van der Waals surface area contributed by atoms with Gasteiger partial charge >= 0.3 is 5.97 Å². The van der Waals surface area contributed by atoms with E-state index in [9.17, 15) is 9.59 Å².